The van der Waals surface area contributed by atoms with E-state index in [1.807, 2.05) is 14.0 Å². The summed E-state index contributed by atoms with van der Waals surface area (Å²) >= 11 is 0. The minimum absolute atomic E-state index is 0.0395. The van der Waals surface area contributed by atoms with Crippen LogP contribution < -0.4 is 10.6 Å². The van der Waals surface area contributed by atoms with E-state index in [2.05, 4.69) is 15.5 Å². The van der Waals surface area contributed by atoms with Gasteiger partial charge < -0.3 is 20.3 Å². The van der Waals surface area contributed by atoms with Gasteiger partial charge in [0.2, 0.25) is 5.91 Å². The van der Waals surface area contributed by atoms with Crippen LogP contribution in [0.25, 0.3) is 0 Å². The average molecular weight is 217 g/mol. The Morgan fingerprint density at radius 3 is 2.67 bits per heavy atom. The molecule has 0 rings (SSSR count). The second-order valence-corrected chi connectivity index (χ2v) is 3.60. The molecule has 1 unspecified atom stereocenters. The predicted octanol–water partition coefficient (Wildman–Crippen LogP) is -0.711. The van der Waals surface area contributed by atoms with Crippen molar-refractivity contribution >= 4 is 5.91 Å². The largest absolute Gasteiger partial charge is 0.383 e. The molecule has 0 aliphatic rings. The molecule has 0 aromatic carbocycles. The molecule has 0 radical (unpaired) electrons. The maximum Gasteiger partial charge on any atom is 0.236 e. The Hall–Kier alpha value is -0.650. The highest BCUT2D eigenvalue weighted by Crippen LogP contribution is 1.83. The van der Waals surface area contributed by atoms with Gasteiger partial charge in [-0.05, 0) is 21.0 Å². The number of carbonyl (C=O) groups excluding carboxylic acids is 1. The SMILES string of the molecule is CNC(C)C(=O)NCCN(C)CCOC. The minimum atomic E-state index is -0.130. The summed E-state index contributed by atoms with van der Waals surface area (Å²) < 4.78 is 4.96. The second kappa shape index (κ2) is 8.64. The molecule has 0 bridgehead atoms. The van der Waals surface area contributed by atoms with Gasteiger partial charge >= 0.3 is 0 Å². The number of nitrogens with zero attached hydrogens (tertiary/aromatic N) is 1. The van der Waals surface area contributed by atoms with E-state index in [1.54, 1.807) is 14.2 Å². The number of amides is 1. The van der Waals surface area contributed by atoms with Crippen LogP contribution in [0.5, 0.6) is 0 Å². The quantitative estimate of drug-likeness (QED) is 0.564. The van der Waals surface area contributed by atoms with Crippen LogP contribution in [0, 0.1) is 0 Å². The smallest absolute Gasteiger partial charge is 0.236 e. The summed E-state index contributed by atoms with van der Waals surface area (Å²) in [7, 11) is 5.46. The molecule has 1 amide bonds. The van der Waals surface area contributed by atoms with E-state index >= 15 is 0 Å². The van der Waals surface area contributed by atoms with Crippen LogP contribution in [0.4, 0.5) is 0 Å². The molecule has 0 heterocycles. The summed E-state index contributed by atoms with van der Waals surface area (Å²) in [6.45, 7) is 4.95. The second-order valence-electron chi connectivity index (χ2n) is 3.60. The third-order valence-corrected chi connectivity index (χ3v) is 2.30. The number of hydrogen-bond acceptors (Lipinski definition) is 4. The molecule has 5 heteroatoms. The maximum absolute atomic E-state index is 11.4. The topological polar surface area (TPSA) is 53.6 Å². The molecular weight excluding hydrogens is 194 g/mol. The highest BCUT2D eigenvalue weighted by molar-refractivity contribution is 5.81. The van der Waals surface area contributed by atoms with Gasteiger partial charge in [0.15, 0.2) is 0 Å². The van der Waals surface area contributed by atoms with Crippen LogP contribution in [0.15, 0.2) is 0 Å². The van der Waals surface area contributed by atoms with Gasteiger partial charge in [0.25, 0.3) is 0 Å². The molecule has 2 N–H and O–H groups in total. The first-order valence-corrected chi connectivity index (χ1v) is 5.24. The molecule has 0 aliphatic heterocycles. The molecular formula is C10H23N3O2. The fraction of sp³-hybridized carbons (Fsp3) is 0.900. The highest BCUT2D eigenvalue weighted by atomic mass is 16.5. The third-order valence-electron chi connectivity index (χ3n) is 2.30. The predicted molar refractivity (Wildman–Crippen MR) is 60.9 cm³/mol. The lowest BCUT2D eigenvalue weighted by Gasteiger charge is -2.17. The fourth-order valence-electron chi connectivity index (χ4n) is 1.01. The highest BCUT2D eigenvalue weighted by Gasteiger charge is 2.08. The van der Waals surface area contributed by atoms with Crippen LogP contribution in [0.2, 0.25) is 0 Å². The van der Waals surface area contributed by atoms with Crippen molar-refractivity contribution < 1.29 is 9.53 Å². The van der Waals surface area contributed by atoms with Crippen molar-refractivity contribution in [2.24, 2.45) is 0 Å². The molecule has 0 aliphatic carbocycles. The Balaban J connectivity index is 3.48. The first-order valence-electron chi connectivity index (χ1n) is 5.24. The van der Waals surface area contributed by atoms with Crippen LogP contribution in [0.3, 0.4) is 0 Å². The van der Waals surface area contributed by atoms with Crippen LogP contribution in [0.1, 0.15) is 6.92 Å². The van der Waals surface area contributed by atoms with E-state index in [9.17, 15) is 4.79 Å². The van der Waals surface area contributed by atoms with E-state index in [-0.39, 0.29) is 11.9 Å². The zero-order valence-electron chi connectivity index (χ0n) is 10.2. The van der Waals surface area contributed by atoms with E-state index in [1.165, 1.54) is 0 Å². The summed E-state index contributed by atoms with van der Waals surface area (Å²) in [5, 5.41) is 5.75. The van der Waals surface area contributed by atoms with Crippen LogP contribution in [-0.4, -0.2) is 64.3 Å². The molecule has 1 atom stereocenters. The summed E-state index contributed by atoms with van der Waals surface area (Å²) in [6.07, 6.45) is 0. The standard InChI is InChI=1S/C10H23N3O2/c1-9(11-2)10(14)12-5-6-13(3)7-8-15-4/h9,11H,5-8H2,1-4H3,(H,12,14). The van der Waals surface area contributed by atoms with E-state index in [4.69, 9.17) is 4.74 Å². The Bertz CT molecular complexity index is 176. The van der Waals surface area contributed by atoms with Crippen LogP contribution in [-0.2, 0) is 9.53 Å². The minimum Gasteiger partial charge on any atom is -0.383 e. The summed E-state index contributed by atoms with van der Waals surface area (Å²) in [6, 6.07) is -0.130. The summed E-state index contributed by atoms with van der Waals surface area (Å²) in [5.74, 6) is 0.0395. The van der Waals surface area contributed by atoms with Gasteiger partial charge in [0, 0.05) is 26.7 Å². The maximum atomic E-state index is 11.4. The lowest BCUT2D eigenvalue weighted by Crippen LogP contribution is -2.43. The number of likely N-dealkylation sites (N-methyl/N-ethyl adjacent to an activating group) is 2. The molecule has 0 fully saturated rings. The first-order chi connectivity index (χ1) is 7.11. The molecule has 0 spiro atoms. The Morgan fingerprint density at radius 1 is 1.47 bits per heavy atom. The van der Waals surface area contributed by atoms with Gasteiger partial charge in [-0.25, -0.2) is 0 Å². The molecule has 90 valence electrons. The molecule has 0 saturated heterocycles. The van der Waals surface area contributed by atoms with Crippen molar-refractivity contribution in [2.75, 3.05) is 47.4 Å². The Morgan fingerprint density at radius 2 is 2.13 bits per heavy atom. The van der Waals surface area contributed by atoms with Crippen molar-refractivity contribution in [1.82, 2.24) is 15.5 Å². The van der Waals surface area contributed by atoms with Crippen molar-refractivity contribution in [1.29, 1.82) is 0 Å². The van der Waals surface area contributed by atoms with Crippen molar-refractivity contribution in [3.05, 3.63) is 0 Å². The Kier molecular flexibility index (Phi) is 8.27. The van der Waals surface area contributed by atoms with Crippen LogP contribution >= 0.6 is 0 Å². The number of carbonyl (C=O) groups is 1. The molecule has 0 saturated carbocycles. The number of methoxy groups -OCH3 is 1. The zero-order chi connectivity index (χ0) is 11.7. The van der Waals surface area contributed by atoms with Gasteiger partial charge in [-0.1, -0.05) is 0 Å². The van der Waals surface area contributed by atoms with E-state index < -0.39 is 0 Å². The molecule has 0 aromatic heterocycles. The van der Waals surface area contributed by atoms with Gasteiger partial charge in [0.1, 0.15) is 0 Å². The lowest BCUT2D eigenvalue weighted by molar-refractivity contribution is -0.122. The number of ether oxygens (including phenoxy) is 1. The van der Waals surface area contributed by atoms with Gasteiger partial charge in [-0.15, -0.1) is 0 Å². The van der Waals surface area contributed by atoms with Gasteiger partial charge in [0.05, 0.1) is 12.6 Å². The Labute approximate surface area is 92.2 Å². The van der Waals surface area contributed by atoms with Crippen molar-refractivity contribution in [3.8, 4) is 0 Å². The fourth-order valence-corrected chi connectivity index (χ4v) is 1.01. The van der Waals surface area contributed by atoms with Gasteiger partial charge in [-0.3, -0.25) is 4.79 Å². The zero-order valence-corrected chi connectivity index (χ0v) is 10.2. The van der Waals surface area contributed by atoms with E-state index in [0.717, 1.165) is 19.7 Å². The lowest BCUT2D eigenvalue weighted by atomic mass is 10.3. The van der Waals surface area contributed by atoms with Gasteiger partial charge in [-0.2, -0.15) is 0 Å². The monoisotopic (exact) mass is 217 g/mol. The number of rotatable bonds is 8. The summed E-state index contributed by atoms with van der Waals surface area (Å²) in [5.41, 5.74) is 0. The molecule has 0 aromatic rings. The van der Waals surface area contributed by atoms with E-state index in [0.29, 0.717) is 6.54 Å². The molecule has 15 heavy (non-hydrogen) atoms. The van der Waals surface area contributed by atoms with Crippen molar-refractivity contribution in [2.45, 2.75) is 13.0 Å². The number of nitrogens with one attached hydrogen (secondary N) is 2. The number of hydrogen-bond donors (Lipinski definition) is 2. The first kappa shape index (κ1) is 14.3. The average Bonchev–Trinajstić information content (AvgIpc) is 2.24. The normalized spacial score (nSPS) is 12.9. The van der Waals surface area contributed by atoms with Crippen molar-refractivity contribution in [3.63, 3.8) is 0 Å². The third kappa shape index (κ3) is 7.30. The molecule has 5 nitrogen and oxygen atoms in total. The summed E-state index contributed by atoms with van der Waals surface area (Å²) in [4.78, 5) is 13.5.